The van der Waals surface area contributed by atoms with Gasteiger partial charge in [-0.2, -0.15) is 0 Å². The quantitative estimate of drug-likeness (QED) is 0.850. The molecule has 2 nitrogen and oxygen atoms in total. The van der Waals surface area contributed by atoms with Gasteiger partial charge in [0.15, 0.2) is 0 Å². The average molecular weight is 270 g/mol. The largest absolute Gasteiger partial charge is 0.300 e. The number of Topliss-reactive ketones (excluding diaryl/α,β-unsaturated/α-hetero) is 1. The summed E-state index contributed by atoms with van der Waals surface area (Å²) in [5, 5.41) is 2.88. The minimum atomic E-state index is -0.367. The standard InChI is InChI=1S/C12H9ClFNOS/c1-7(16)4-12-15-11(6-17-12)9-5-8(13)2-3-10(9)14/h2-3,5-6H,4H2,1H3. The number of aromatic nitrogens is 1. The van der Waals surface area contributed by atoms with Crippen LogP contribution in [0, 0.1) is 5.82 Å². The Morgan fingerprint density at radius 1 is 1.53 bits per heavy atom. The number of hydrogen-bond acceptors (Lipinski definition) is 3. The van der Waals surface area contributed by atoms with Gasteiger partial charge in [-0.15, -0.1) is 11.3 Å². The van der Waals surface area contributed by atoms with Crippen molar-refractivity contribution in [3.63, 3.8) is 0 Å². The van der Waals surface area contributed by atoms with E-state index in [-0.39, 0.29) is 18.0 Å². The van der Waals surface area contributed by atoms with Gasteiger partial charge < -0.3 is 0 Å². The fraction of sp³-hybridized carbons (Fsp3) is 0.167. The van der Waals surface area contributed by atoms with E-state index in [9.17, 15) is 9.18 Å². The Morgan fingerprint density at radius 3 is 3.00 bits per heavy atom. The lowest BCUT2D eigenvalue weighted by atomic mass is 10.1. The third kappa shape index (κ3) is 2.90. The third-order valence-corrected chi connectivity index (χ3v) is 3.24. The van der Waals surface area contributed by atoms with Crippen molar-refractivity contribution in [2.75, 3.05) is 0 Å². The van der Waals surface area contributed by atoms with E-state index in [1.54, 1.807) is 5.38 Å². The van der Waals surface area contributed by atoms with E-state index in [2.05, 4.69) is 4.98 Å². The van der Waals surface area contributed by atoms with Crippen LogP contribution in [-0.2, 0) is 11.2 Å². The van der Waals surface area contributed by atoms with Crippen LogP contribution in [0.15, 0.2) is 23.6 Å². The summed E-state index contributed by atoms with van der Waals surface area (Å²) in [5.41, 5.74) is 0.884. The lowest BCUT2D eigenvalue weighted by Crippen LogP contribution is -1.95. The highest BCUT2D eigenvalue weighted by Crippen LogP contribution is 2.27. The summed E-state index contributed by atoms with van der Waals surface area (Å²) in [7, 11) is 0. The molecule has 0 spiro atoms. The Kier molecular flexibility index (Phi) is 3.54. The molecule has 0 aliphatic heterocycles. The molecular weight excluding hydrogens is 261 g/mol. The molecule has 0 amide bonds. The minimum absolute atomic E-state index is 0.0393. The third-order valence-electron chi connectivity index (χ3n) is 2.16. The SMILES string of the molecule is CC(=O)Cc1nc(-c2cc(Cl)ccc2F)cs1. The maximum atomic E-state index is 13.6. The molecule has 1 heterocycles. The van der Waals surface area contributed by atoms with Crippen molar-refractivity contribution in [1.29, 1.82) is 0 Å². The molecule has 0 bridgehead atoms. The van der Waals surface area contributed by atoms with Gasteiger partial charge in [-0.3, -0.25) is 4.79 Å². The number of nitrogens with zero attached hydrogens (tertiary/aromatic N) is 1. The minimum Gasteiger partial charge on any atom is -0.300 e. The first-order valence-electron chi connectivity index (χ1n) is 4.95. The van der Waals surface area contributed by atoms with Gasteiger partial charge in [0.2, 0.25) is 0 Å². The summed E-state index contributed by atoms with van der Waals surface area (Å²) in [6, 6.07) is 4.33. The lowest BCUT2D eigenvalue weighted by Gasteiger charge is -1.99. The molecule has 0 unspecified atom stereocenters. The number of thiazole rings is 1. The van der Waals surface area contributed by atoms with Crippen LogP contribution >= 0.6 is 22.9 Å². The number of ketones is 1. The zero-order chi connectivity index (χ0) is 12.4. The summed E-state index contributed by atoms with van der Waals surface area (Å²) >= 11 is 7.16. The van der Waals surface area contributed by atoms with Gasteiger partial charge in [0, 0.05) is 16.0 Å². The maximum absolute atomic E-state index is 13.6. The van der Waals surface area contributed by atoms with Crippen LogP contribution in [0.1, 0.15) is 11.9 Å². The van der Waals surface area contributed by atoms with Crippen molar-refractivity contribution in [2.24, 2.45) is 0 Å². The molecule has 0 saturated carbocycles. The second-order valence-corrected chi connectivity index (χ2v) is 5.01. The number of benzene rings is 1. The number of carbonyl (C=O) groups is 1. The van der Waals surface area contributed by atoms with E-state index >= 15 is 0 Å². The molecule has 0 fully saturated rings. The second-order valence-electron chi connectivity index (χ2n) is 3.63. The number of halogens is 2. The van der Waals surface area contributed by atoms with Crippen LogP contribution in [0.25, 0.3) is 11.3 Å². The van der Waals surface area contributed by atoms with E-state index in [0.29, 0.717) is 21.3 Å². The molecule has 1 aromatic heterocycles. The first-order chi connectivity index (χ1) is 8.06. The summed E-state index contributed by atoms with van der Waals surface area (Å²) in [4.78, 5) is 15.2. The van der Waals surface area contributed by atoms with Crippen LogP contribution in [-0.4, -0.2) is 10.8 Å². The molecule has 1 aromatic carbocycles. The van der Waals surface area contributed by atoms with E-state index in [4.69, 9.17) is 11.6 Å². The molecule has 2 rings (SSSR count). The predicted molar refractivity (Wildman–Crippen MR) is 66.9 cm³/mol. The van der Waals surface area contributed by atoms with E-state index in [1.165, 1.54) is 36.5 Å². The highest BCUT2D eigenvalue weighted by Gasteiger charge is 2.10. The molecule has 5 heteroatoms. The normalized spacial score (nSPS) is 10.5. The second kappa shape index (κ2) is 4.94. The molecule has 0 N–H and O–H groups in total. The fourth-order valence-corrected chi connectivity index (χ4v) is 2.46. The van der Waals surface area contributed by atoms with Crippen molar-refractivity contribution in [2.45, 2.75) is 13.3 Å². The number of rotatable bonds is 3. The maximum Gasteiger partial charge on any atom is 0.136 e. The Labute approximate surface area is 107 Å². The van der Waals surface area contributed by atoms with E-state index in [1.807, 2.05) is 0 Å². The number of carbonyl (C=O) groups excluding carboxylic acids is 1. The highest BCUT2D eigenvalue weighted by atomic mass is 35.5. The first-order valence-corrected chi connectivity index (χ1v) is 6.21. The summed E-state index contributed by atoms with van der Waals surface area (Å²) in [6.45, 7) is 1.50. The smallest absolute Gasteiger partial charge is 0.136 e. The zero-order valence-corrected chi connectivity index (χ0v) is 10.6. The fourth-order valence-electron chi connectivity index (χ4n) is 1.42. The predicted octanol–water partition coefficient (Wildman–Crippen LogP) is 3.73. The van der Waals surface area contributed by atoms with Crippen LogP contribution in [0.4, 0.5) is 4.39 Å². The molecular formula is C12H9ClFNOS. The molecule has 88 valence electrons. The summed E-state index contributed by atoms with van der Waals surface area (Å²) in [6.07, 6.45) is 0.285. The first kappa shape index (κ1) is 12.2. The van der Waals surface area contributed by atoms with Gasteiger partial charge in [0.1, 0.15) is 16.6 Å². The van der Waals surface area contributed by atoms with Crippen LogP contribution < -0.4 is 0 Å². The van der Waals surface area contributed by atoms with Crippen molar-refractivity contribution < 1.29 is 9.18 Å². The molecule has 0 aliphatic rings. The van der Waals surface area contributed by atoms with Crippen molar-refractivity contribution in [1.82, 2.24) is 4.98 Å². The van der Waals surface area contributed by atoms with Gasteiger partial charge in [-0.05, 0) is 25.1 Å². The lowest BCUT2D eigenvalue weighted by molar-refractivity contribution is -0.116. The Bertz CT molecular complexity index is 567. The van der Waals surface area contributed by atoms with Gasteiger partial charge in [-0.25, -0.2) is 9.37 Å². The molecule has 0 radical (unpaired) electrons. The molecule has 0 saturated heterocycles. The molecule has 0 aliphatic carbocycles. The number of hydrogen-bond donors (Lipinski definition) is 0. The van der Waals surface area contributed by atoms with Crippen LogP contribution in [0.2, 0.25) is 5.02 Å². The summed E-state index contributed by atoms with van der Waals surface area (Å²) in [5.74, 6) is -0.327. The zero-order valence-electron chi connectivity index (χ0n) is 9.04. The highest BCUT2D eigenvalue weighted by molar-refractivity contribution is 7.10. The Balaban J connectivity index is 2.36. The summed E-state index contributed by atoms with van der Waals surface area (Å²) < 4.78 is 13.6. The Hall–Kier alpha value is -1.26. The van der Waals surface area contributed by atoms with Crippen molar-refractivity contribution in [3.8, 4) is 11.3 Å². The topological polar surface area (TPSA) is 30.0 Å². The van der Waals surface area contributed by atoms with Crippen molar-refractivity contribution in [3.05, 3.63) is 39.4 Å². The van der Waals surface area contributed by atoms with Crippen LogP contribution in [0.3, 0.4) is 0 Å². The van der Waals surface area contributed by atoms with E-state index < -0.39 is 0 Å². The average Bonchev–Trinajstić information content (AvgIpc) is 2.69. The molecule has 0 atom stereocenters. The van der Waals surface area contributed by atoms with Gasteiger partial charge in [-0.1, -0.05) is 11.6 Å². The molecule has 17 heavy (non-hydrogen) atoms. The Morgan fingerprint density at radius 2 is 2.29 bits per heavy atom. The van der Waals surface area contributed by atoms with E-state index in [0.717, 1.165) is 0 Å². The van der Waals surface area contributed by atoms with Gasteiger partial charge >= 0.3 is 0 Å². The van der Waals surface area contributed by atoms with Crippen LogP contribution in [0.5, 0.6) is 0 Å². The molecule has 2 aromatic rings. The van der Waals surface area contributed by atoms with Gasteiger partial charge in [0.25, 0.3) is 0 Å². The van der Waals surface area contributed by atoms with Gasteiger partial charge in [0.05, 0.1) is 12.1 Å². The van der Waals surface area contributed by atoms with Crippen molar-refractivity contribution >= 4 is 28.7 Å². The monoisotopic (exact) mass is 269 g/mol.